The van der Waals surface area contributed by atoms with E-state index in [9.17, 15) is 14.7 Å². The van der Waals surface area contributed by atoms with Crippen LogP contribution >= 0.6 is 0 Å². The molecule has 0 saturated heterocycles. The number of hydrogen-bond donors (Lipinski definition) is 1. The highest BCUT2D eigenvalue weighted by molar-refractivity contribution is 5.97. The topological polar surface area (TPSA) is 95.9 Å². The Hall–Kier alpha value is -3.44. The van der Waals surface area contributed by atoms with Crippen molar-refractivity contribution >= 4 is 11.8 Å². The van der Waals surface area contributed by atoms with Crippen LogP contribution in [0.1, 0.15) is 42.3 Å². The minimum absolute atomic E-state index is 0.0753. The van der Waals surface area contributed by atoms with Gasteiger partial charge < -0.3 is 19.6 Å². The van der Waals surface area contributed by atoms with Crippen molar-refractivity contribution in [2.45, 2.75) is 32.9 Å². The first kappa shape index (κ1) is 23.2. The molecule has 1 N–H and O–H groups in total. The third kappa shape index (κ3) is 5.42. The predicted octanol–water partition coefficient (Wildman–Crippen LogP) is 1.57. The molecule has 8 nitrogen and oxygen atoms in total. The molecule has 0 spiro atoms. The second-order valence-corrected chi connectivity index (χ2v) is 8.09. The zero-order valence-electron chi connectivity index (χ0n) is 18.8. The van der Waals surface area contributed by atoms with Crippen LogP contribution in [-0.4, -0.2) is 75.6 Å². The Labute approximate surface area is 188 Å². The number of aliphatic hydroxyl groups excluding tert-OH is 1. The van der Waals surface area contributed by atoms with E-state index in [2.05, 4.69) is 21.8 Å². The molecule has 2 amide bonds. The summed E-state index contributed by atoms with van der Waals surface area (Å²) >= 11 is 0. The van der Waals surface area contributed by atoms with Gasteiger partial charge in [0.15, 0.2) is 0 Å². The van der Waals surface area contributed by atoms with Crippen LogP contribution in [0, 0.1) is 17.8 Å². The van der Waals surface area contributed by atoms with Crippen molar-refractivity contribution in [2.75, 3.05) is 26.7 Å². The monoisotopic (exact) mass is 436 g/mol. The average Bonchev–Trinajstić information content (AvgIpc) is 2.80. The van der Waals surface area contributed by atoms with Crippen LogP contribution in [0.2, 0.25) is 0 Å². The molecule has 0 aromatic carbocycles. The summed E-state index contributed by atoms with van der Waals surface area (Å²) < 4.78 is 6.15. The lowest BCUT2D eigenvalue weighted by molar-refractivity contribution is -0.129. The Balaban J connectivity index is 2.00. The van der Waals surface area contributed by atoms with Crippen molar-refractivity contribution < 1.29 is 19.4 Å². The standard InChI is InChI=1S/C24H28N4O4/c1-16-13-28(17(2)15-29)24(31)21-10-20(8-7-19-6-5-9-25-11-19)12-26-23(21)32-22(16)14-27(4)18(3)30/h5-6,9-12,16-17,22,29H,13-15H2,1-4H3/t16-,17+,22-/m0/s1. The van der Waals surface area contributed by atoms with Crippen LogP contribution in [0.5, 0.6) is 5.88 Å². The van der Waals surface area contributed by atoms with E-state index in [0.717, 1.165) is 5.56 Å². The van der Waals surface area contributed by atoms with Crippen LogP contribution in [0.15, 0.2) is 36.8 Å². The van der Waals surface area contributed by atoms with Crippen LogP contribution in [0.3, 0.4) is 0 Å². The quantitative estimate of drug-likeness (QED) is 0.731. The van der Waals surface area contributed by atoms with Crippen molar-refractivity contribution in [3.8, 4) is 17.7 Å². The molecule has 1 aliphatic heterocycles. The molecule has 3 heterocycles. The number of fused-ring (bicyclic) bond motifs is 1. The molecule has 3 rings (SSSR count). The molecule has 168 valence electrons. The van der Waals surface area contributed by atoms with Crippen molar-refractivity contribution in [3.63, 3.8) is 0 Å². The first-order valence-electron chi connectivity index (χ1n) is 10.5. The molecule has 0 fully saturated rings. The molecule has 2 aromatic heterocycles. The summed E-state index contributed by atoms with van der Waals surface area (Å²) in [4.78, 5) is 36.8. The van der Waals surface area contributed by atoms with Gasteiger partial charge in [0.05, 0.1) is 19.2 Å². The van der Waals surface area contributed by atoms with E-state index in [1.54, 1.807) is 54.5 Å². The maximum Gasteiger partial charge on any atom is 0.259 e. The third-order valence-corrected chi connectivity index (χ3v) is 5.53. The van der Waals surface area contributed by atoms with E-state index in [4.69, 9.17) is 4.74 Å². The number of amides is 2. The van der Waals surface area contributed by atoms with Gasteiger partial charge in [0.2, 0.25) is 11.8 Å². The fraction of sp³-hybridized carbons (Fsp3) is 0.417. The minimum Gasteiger partial charge on any atom is -0.472 e. The number of aliphatic hydroxyl groups is 1. The highest BCUT2D eigenvalue weighted by atomic mass is 16.5. The molecule has 8 heteroatoms. The molecule has 1 aliphatic rings. The molecule has 0 radical (unpaired) electrons. The van der Waals surface area contributed by atoms with E-state index in [0.29, 0.717) is 18.7 Å². The number of ether oxygens (including phenoxy) is 1. The van der Waals surface area contributed by atoms with E-state index >= 15 is 0 Å². The molecular formula is C24H28N4O4. The molecule has 0 unspecified atom stereocenters. The second kappa shape index (κ2) is 10.2. The molecule has 3 atom stereocenters. The van der Waals surface area contributed by atoms with Crippen LogP contribution in [0.4, 0.5) is 0 Å². The van der Waals surface area contributed by atoms with Crippen molar-refractivity contribution in [2.24, 2.45) is 5.92 Å². The lowest BCUT2D eigenvalue weighted by Gasteiger charge is -2.37. The van der Waals surface area contributed by atoms with Gasteiger partial charge >= 0.3 is 0 Å². The highest BCUT2D eigenvalue weighted by Gasteiger charge is 2.34. The summed E-state index contributed by atoms with van der Waals surface area (Å²) in [6, 6.07) is 4.92. The van der Waals surface area contributed by atoms with Gasteiger partial charge in [-0.1, -0.05) is 18.8 Å². The molecule has 32 heavy (non-hydrogen) atoms. The Morgan fingerprint density at radius 1 is 1.38 bits per heavy atom. The van der Waals surface area contributed by atoms with E-state index in [1.165, 1.54) is 6.92 Å². The van der Waals surface area contributed by atoms with Crippen molar-refractivity contribution in [3.05, 3.63) is 53.5 Å². The summed E-state index contributed by atoms with van der Waals surface area (Å²) in [6.07, 6.45) is 4.52. The number of carbonyl (C=O) groups excluding carboxylic acids is 2. The number of aromatic nitrogens is 2. The number of hydrogen-bond acceptors (Lipinski definition) is 6. The largest absolute Gasteiger partial charge is 0.472 e. The molecule has 0 aliphatic carbocycles. The third-order valence-electron chi connectivity index (χ3n) is 5.53. The Bertz CT molecular complexity index is 1030. The number of likely N-dealkylation sites (N-methyl/N-ethyl adjacent to an activating group) is 1. The molecule has 0 bridgehead atoms. The van der Waals surface area contributed by atoms with Gasteiger partial charge in [-0.05, 0) is 25.1 Å². The summed E-state index contributed by atoms with van der Waals surface area (Å²) in [6.45, 7) is 5.82. The van der Waals surface area contributed by atoms with E-state index in [1.807, 2.05) is 13.0 Å². The Morgan fingerprint density at radius 2 is 2.12 bits per heavy atom. The van der Waals surface area contributed by atoms with E-state index in [-0.39, 0.29) is 47.9 Å². The van der Waals surface area contributed by atoms with Gasteiger partial charge in [0.25, 0.3) is 5.91 Å². The minimum atomic E-state index is -0.382. The molecule has 2 aromatic rings. The first-order chi connectivity index (χ1) is 15.3. The zero-order chi connectivity index (χ0) is 23.3. The SMILES string of the molecule is CC(=O)N(C)C[C@@H]1Oc2ncc(C#Cc3cccnc3)cc2C(=O)N([C@H](C)CO)C[C@@H]1C. The average molecular weight is 437 g/mol. The van der Waals surface area contributed by atoms with Gasteiger partial charge in [0, 0.05) is 56.2 Å². The predicted molar refractivity (Wildman–Crippen MR) is 119 cm³/mol. The molecule has 0 saturated carbocycles. The maximum atomic E-state index is 13.4. The van der Waals surface area contributed by atoms with Crippen LogP contribution in [-0.2, 0) is 4.79 Å². The Kier molecular flexibility index (Phi) is 7.44. The van der Waals surface area contributed by atoms with E-state index < -0.39 is 0 Å². The van der Waals surface area contributed by atoms with Crippen LogP contribution in [0.25, 0.3) is 0 Å². The fourth-order valence-corrected chi connectivity index (χ4v) is 3.37. The number of pyridine rings is 2. The fourth-order valence-electron chi connectivity index (χ4n) is 3.37. The first-order valence-corrected chi connectivity index (χ1v) is 10.5. The van der Waals surface area contributed by atoms with Gasteiger partial charge in [-0.2, -0.15) is 0 Å². The van der Waals surface area contributed by atoms with Crippen molar-refractivity contribution in [1.29, 1.82) is 0 Å². The Morgan fingerprint density at radius 3 is 2.78 bits per heavy atom. The summed E-state index contributed by atoms with van der Waals surface area (Å²) in [7, 11) is 1.71. The smallest absolute Gasteiger partial charge is 0.259 e. The number of nitrogens with zero attached hydrogens (tertiary/aromatic N) is 4. The summed E-state index contributed by atoms with van der Waals surface area (Å²) in [5, 5.41) is 9.73. The van der Waals surface area contributed by atoms with Crippen LogP contribution < -0.4 is 4.74 Å². The second-order valence-electron chi connectivity index (χ2n) is 8.09. The van der Waals surface area contributed by atoms with Gasteiger partial charge in [-0.3, -0.25) is 14.6 Å². The van der Waals surface area contributed by atoms with Gasteiger partial charge in [-0.15, -0.1) is 0 Å². The summed E-state index contributed by atoms with van der Waals surface area (Å²) in [5.41, 5.74) is 1.59. The normalized spacial score (nSPS) is 18.9. The molecular weight excluding hydrogens is 408 g/mol. The maximum absolute atomic E-state index is 13.4. The zero-order valence-corrected chi connectivity index (χ0v) is 18.8. The lowest BCUT2D eigenvalue weighted by Crippen LogP contribution is -2.50. The number of carbonyl (C=O) groups is 2. The summed E-state index contributed by atoms with van der Waals surface area (Å²) in [5.74, 6) is 5.78. The van der Waals surface area contributed by atoms with Gasteiger partial charge in [-0.25, -0.2) is 4.98 Å². The van der Waals surface area contributed by atoms with Crippen molar-refractivity contribution in [1.82, 2.24) is 19.8 Å². The lowest BCUT2D eigenvalue weighted by atomic mass is 10.00. The number of rotatable bonds is 4. The van der Waals surface area contributed by atoms with Gasteiger partial charge in [0.1, 0.15) is 11.7 Å². The highest BCUT2D eigenvalue weighted by Crippen LogP contribution is 2.27.